The van der Waals surface area contributed by atoms with Gasteiger partial charge in [-0.25, -0.2) is 4.98 Å². The zero-order valence-electron chi connectivity index (χ0n) is 7.29. The Morgan fingerprint density at radius 1 is 1.29 bits per heavy atom. The summed E-state index contributed by atoms with van der Waals surface area (Å²) >= 11 is 1.51. The van der Waals surface area contributed by atoms with Crippen LogP contribution >= 0.6 is 11.3 Å². The van der Waals surface area contributed by atoms with Crippen molar-refractivity contribution in [3.63, 3.8) is 0 Å². The van der Waals surface area contributed by atoms with Gasteiger partial charge in [-0.2, -0.15) is 5.10 Å². The van der Waals surface area contributed by atoms with Gasteiger partial charge in [0, 0.05) is 24.0 Å². The van der Waals surface area contributed by atoms with Gasteiger partial charge in [-0.1, -0.05) is 0 Å². The highest BCUT2D eigenvalue weighted by Gasteiger charge is 1.89. The molecule has 0 amide bonds. The molecule has 0 atom stereocenters. The van der Waals surface area contributed by atoms with Crippen LogP contribution < -0.4 is 5.43 Å². The molecule has 0 bridgehead atoms. The van der Waals surface area contributed by atoms with Crippen molar-refractivity contribution in [2.45, 2.75) is 0 Å². The maximum Gasteiger partial charge on any atom is 0.203 e. The molecule has 0 unspecified atom stereocenters. The van der Waals surface area contributed by atoms with E-state index in [1.54, 1.807) is 24.8 Å². The zero-order valence-corrected chi connectivity index (χ0v) is 8.11. The van der Waals surface area contributed by atoms with Crippen molar-refractivity contribution >= 4 is 22.7 Å². The van der Waals surface area contributed by atoms with E-state index in [0.29, 0.717) is 0 Å². The maximum absolute atomic E-state index is 4.03. The van der Waals surface area contributed by atoms with Crippen LogP contribution in [0.15, 0.2) is 41.2 Å². The van der Waals surface area contributed by atoms with E-state index in [1.807, 2.05) is 17.5 Å². The van der Waals surface area contributed by atoms with Crippen molar-refractivity contribution in [3.8, 4) is 0 Å². The Balaban J connectivity index is 1.96. The van der Waals surface area contributed by atoms with E-state index in [9.17, 15) is 0 Å². The lowest BCUT2D eigenvalue weighted by Crippen LogP contribution is -1.89. The van der Waals surface area contributed by atoms with E-state index < -0.39 is 0 Å². The first kappa shape index (κ1) is 8.83. The maximum atomic E-state index is 4.03. The van der Waals surface area contributed by atoms with Crippen molar-refractivity contribution in [3.05, 3.63) is 41.7 Å². The van der Waals surface area contributed by atoms with Gasteiger partial charge in [0.2, 0.25) is 5.13 Å². The highest BCUT2D eigenvalue weighted by atomic mass is 32.1. The minimum atomic E-state index is 0.787. The number of hydrogen-bond acceptors (Lipinski definition) is 5. The molecule has 0 fully saturated rings. The molecule has 14 heavy (non-hydrogen) atoms. The Kier molecular flexibility index (Phi) is 2.82. The van der Waals surface area contributed by atoms with Gasteiger partial charge in [0.25, 0.3) is 0 Å². The molecule has 0 saturated carbocycles. The van der Waals surface area contributed by atoms with Gasteiger partial charge < -0.3 is 0 Å². The number of rotatable bonds is 3. The van der Waals surface area contributed by atoms with Gasteiger partial charge in [0.15, 0.2) is 0 Å². The lowest BCUT2D eigenvalue weighted by molar-refractivity contribution is 1.28. The average molecular weight is 204 g/mol. The van der Waals surface area contributed by atoms with Crippen molar-refractivity contribution in [2.75, 3.05) is 5.43 Å². The summed E-state index contributed by atoms with van der Waals surface area (Å²) in [4.78, 5) is 7.94. The van der Waals surface area contributed by atoms with Crippen LogP contribution in [-0.4, -0.2) is 16.2 Å². The molecule has 0 radical (unpaired) electrons. The van der Waals surface area contributed by atoms with Crippen LogP contribution in [0.25, 0.3) is 0 Å². The molecular weight excluding hydrogens is 196 g/mol. The highest BCUT2D eigenvalue weighted by molar-refractivity contribution is 7.13. The van der Waals surface area contributed by atoms with Crippen LogP contribution in [0.5, 0.6) is 0 Å². The van der Waals surface area contributed by atoms with E-state index in [-0.39, 0.29) is 0 Å². The molecule has 5 heteroatoms. The molecule has 4 nitrogen and oxygen atoms in total. The first-order valence-corrected chi connectivity index (χ1v) is 4.92. The molecule has 0 aromatic carbocycles. The third-order valence-electron chi connectivity index (χ3n) is 1.51. The lowest BCUT2D eigenvalue weighted by atomic mass is 10.3. The fourth-order valence-corrected chi connectivity index (χ4v) is 1.37. The molecule has 0 spiro atoms. The van der Waals surface area contributed by atoms with E-state index in [0.717, 1.165) is 10.7 Å². The number of pyridine rings is 1. The van der Waals surface area contributed by atoms with Gasteiger partial charge in [-0.15, -0.1) is 11.3 Å². The van der Waals surface area contributed by atoms with Crippen LogP contribution in [0.3, 0.4) is 0 Å². The van der Waals surface area contributed by atoms with Crippen LogP contribution in [0.4, 0.5) is 5.13 Å². The van der Waals surface area contributed by atoms with Crippen LogP contribution in [0.1, 0.15) is 5.56 Å². The summed E-state index contributed by atoms with van der Waals surface area (Å²) in [6.07, 6.45) is 6.91. The van der Waals surface area contributed by atoms with Crippen molar-refractivity contribution in [1.29, 1.82) is 0 Å². The molecule has 2 aromatic heterocycles. The van der Waals surface area contributed by atoms with Crippen molar-refractivity contribution in [2.24, 2.45) is 5.10 Å². The average Bonchev–Trinajstić information content (AvgIpc) is 2.72. The summed E-state index contributed by atoms with van der Waals surface area (Å²) in [5.74, 6) is 0. The predicted octanol–water partition coefficient (Wildman–Crippen LogP) is 1.98. The normalized spacial score (nSPS) is 10.6. The van der Waals surface area contributed by atoms with Gasteiger partial charge in [-0.05, 0) is 17.7 Å². The first-order chi connectivity index (χ1) is 6.95. The number of aromatic nitrogens is 2. The smallest absolute Gasteiger partial charge is 0.203 e. The molecule has 2 rings (SSSR count). The van der Waals surface area contributed by atoms with Gasteiger partial charge in [-0.3, -0.25) is 10.4 Å². The first-order valence-electron chi connectivity index (χ1n) is 4.04. The van der Waals surface area contributed by atoms with Crippen LogP contribution in [0.2, 0.25) is 0 Å². The van der Waals surface area contributed by atoms with Crippen LogP contribution in [-0.2, 0) is 0 Å². The Bertz CT molecular complexity index is 396. The molecule has 0 aliphatic carbocycles. The number of hydrogen-bond donors (Lipinski definition) is 1. The van der Waals surface area contributed by atoms with E-state index in [4.69, 9.17) is 0 Å². The minimum absolute atomic E-state index is 0.787. The fourth-order valence-electron chi connectivity index (χ4n) is 0.890. The second-order valence-electron chi connectivity index (χ2n) is 2.49. The predicted molar refractivity (Wildman–Crippen MR) is 57.6 cm³/mol. The summed E-state index contributed by atoms with van der Waals surface area (Å²) in [6, 6.07) is 3.76. The zero-order chi connectivity index (χ0) is 9.64. The number of thiazole rings is 1. The lowest BCUT2D eigenvalue weighted by Gasteiger charge is -1.92. The molecule has 0 saturated heterocycles. The molecule has 70 valence electrons. The second-order valence-corrected chi connectivity index (χ2v) is 3.38. The van der Waals surface area contributed by atoms with Crippen molar-refractivity contribution in [1.82, 2.24) is 9.97 Å². The fraction of sp³-hybridized carbons (Fsp3) is 0. The van der Waals surface area contributed by atoms with Gasteiger partial charge in [0.1, 0.15) is 0 Å². The Hall–Kier alpha value is -1.75. The number of nitrogens with zero attached hydrogens (tertiary/aromatic N) is 3. The third-order valence-corrected chi connectivity index (χ3v) is 2.19. The van der Waals surface area contributed by atoms with Gasteiger partial charge >= 0.3 is 0 Å². The highest BCUT2D eigenvalue weighted by Crippen LogP contribution is 2.09. The summed E-state index contributed by atoms with van der Waals surface area (Å²) in [5.41, 5.74) is 3.83. The van der Waals surface area contributed by atoms with Gasteiger partial charge in [0.05, 0.1) is 6.21 Å². The number of hydrazone groups is 1. The Morgan fingerprint density at radius 3 is 2.86 bits per heavy atom. The number of anilines is 1. The monoisotopic (exact) mass is 204 g/mol. The molecule has 2 aromatic rings. The third kappa shape index (κ3) is 2.37. The largest absolute Gasteiger partial charge is 0.265 e. The van der Waals surface area contributed by atoms with E-state index >= 15 is 0 Å². The number of nitrogens with one attached hydrogen (secondary N) is 1. The quantitative estimate of drug-likeness (QED) is 0.614. The molecular formula is C9H8N4S. The van der Waals surface area contributed by atoms with Crippen LogP contribution in [0, 0.1) is 0 Å². The van der Waals surface area contributed by atoms with E-state index in [2.05, 4.69) is 20.5 Å². The Labute approximate surface area is 85.3 Å². The Morgan fingerprint density at radius 2 is 2.14 bits per heavy atom. The molecule has 1 N–H and O–H groups in total. The standard InChI is InChI=1S/C9H8N4S/c1-3-10-4-2-8(1)7-12-13-9-11-5-6-14-9/h1-7H,(H,11,13)/b12-7-. The summed E-state index contributed by atoms with van der Waals surface area (Å²) < 4.78 is 0. The summed E-state index contributed by atoms with van der Waals surface area (Å²) in [5, 5.41) is 6.71. The topological polar surface area (TPSA) is 50.2 Å². The summed E-state index contributed by atoms with van der Waals surface area (Å²) in [7, 11) is 0. The molecule has 0 aliphatic heterocycles. The van der Waals surface area contributed by atoms with E-state index in [1.165, 1.54) is 11.3 Å². The summed E-state index contributed by atoms with van der Waals surface area (Å²) in [6.45, 7) is 0. The van der Waals surface area contributed by atoms with Crippen molar-refractivity contribution < 1.29 is 0 Å². The molecule has 0 aliphatic rings. The second kappa shape index (κ2) is 4.48. The SMILES string of the molecule is C(=N/Nc1nccs1)/c1ccncc1. The molecule has 2 heterocycles. The minimum Gasteiger partial charge on any atom is -0.265 e.